The minimum absolute atomic E-state index is 0.0532. The Hall–Kier alpha value is -1.51. The molecule has 2 aromatic rings. The predicted octanol–water partition coefficient (Wildman–Crippen LogP) is 4.69. The van der Waals surface area contributed by atoms with Gasteiger partial charge in [0.1, 0.15) is 11.9 Å². The van der Waals surface area contributed by atoms with Gasteiger partial charge < -0.3 is 4.74 Å². The van der Waals surface area contributed by atoms with Crippen molar-refractivity contribution in [3.05, 3.63) is 64.7 Å². The zero-order valence-corrected chi connectivity index (χ0v) is 13.0. The first kappa shape index (κ1) is 14.4. The summed E-state index contributed by atoms with van der Waals surface area (Å²) >= 11 is 5.99. The molecular formula is C18H20ClNO. The van der Waals surface area contributed by atoms with Gasteiger partial charge >= 0.3 is 0 Å². The van der Waals surface area contributed by atoms with Gasteiger partial charge in [0.15, 0.2) is 0 Å². The molecule has 0 fully saturated rings. The average Bonchev–Trinajstić information content (AvgIpc) is 2.67. The Kier molecular flexibility index (Phi) is 4.47. The Morgan fingerprint density at radius 3 is 2.67 bits per heavy atom. The van der Waals surface area contributed by atoms with Crippen LogP contribution in [0.3, 0.4) is 0 Å². The van der Waals surface area contributed by atoms with Gasteiger partial charge in [-0.3, -0.25) is 4.90 Å². The standard InChI is InChI=1S/C18H20ClNO/c1-2-11-20-12-15-5-3-4-6-17(15)21-18(13-20)14-7-9-16(19)10-8-14/h3-10,18H,2,11-13H2,1H3. The smallest absolute Gasteiger partial charge is 0.136 e. The number of nitrogens with zero attached hydrogens (tertiary/aromatic N) is 1. The molecule has 0 bridgehead atoms. The minimum atomic E-state index is 0.0532. The summed E-state index contributed by atoms with van der Waals surface area (Å²) in [4.78, 5) is 2.46. The number of para-hydroxylation sites is 1. The summed E-state index contributed by atoms with van der Waals surface area (Å²) in [5, 5.41) is 0.762. The van der Waals surface area contributed by atoms with Crippen LogP contribution >= 0.6 is 11.6 Å². The summed E-state index contributed by atoms with van der Waals surface area (Å²) in [5.41, 5.74) is 2.44. The molecule has 0 aromatic heterocycles. The highest BCUT2D eigenvalue weighted by atomic mass is 35.5. The first-order valence-corrected chi connectivity index (χ1v) is 7.86. The van der Waals surface area contributed by atoms with Crippen molar-refractivity contribution in [2.45, 2.75) is 26.0 Å². The number of benzene rings is 2. The molecule has 21 heavy (non-hydrogen) atoms. The van der Waals surface area contributed by atoms with Crippen LogP contribution in [-0.2, 0) is 6.54 Å². The van der Waals surface area contributed by atoms with E-state index in [1.807, 2.05) is 18.2 Å². The van der Waals surface area contributed by atoms with Crippen molar-refractivity contribution in [2.75, 3.05) is 13.1 Å². The highest BCUT2D eigenvalue weighted by molar-refractivity contribution is 6.30. The lowest BCUT2D eigenvalue weighted by atomic mass is 10.1. The van der Waals surface area contributed by atoms with Crippen LogP contribution < -0.4 is 4.74 Å². The molecule has 1 aliphatic heterocycles. The van der Waals surface area contributed by atoms with Gasteiger partial charge in [0.25, 0.3) is 0 Å². The summed E-state index contributed by atoms with van der Waals surface area (Å²) in [5.74, 6) is 0.996. The van der Waals surface area contributed by atoms with E-state index in [9.17, 15) is 0 Å². The first-order valence-electron chi connectivity index (χ1n) is 7.48. The number of rotatable bonds is 3. The minimum Gasteiger partial charge on any atom is -0.484 e. The molecule has 3 heteroatoms. The van der Waals surface area contributed by atoms with Gasteiger partial charge in [-0.2, -0.15) is 0 Å². The van der Waals surface area contributed by atoms with E-state index in [0.717, 1.165) is 36.8 Å². The number of fused-ring (bicyclic) bond motifs is 1. The molecule has 110 valence electrons. The highest BCUT2D eigenvalue weighted by Gasteiger charge is 2.23. The summed E-state index contributed by atoms with van der Waals surface area (Å²) in [6, 6.07) is 16.3. The molecule has 0 radical (unpaired) electrons. The summed E-state index contributed by atoms with van der Waals surface area (Å²) in [6.07, 6.45) is 1.20. The van der Waals surface area contributed by atoms with Crippen LogP contribution in [0.25, 0.3) is 0 Å². The Morgan fingerprint density at radius 2 is 1.90 bits per heavy atom. The molecule has 0 saturated heterocycles. The maximum Gasteiger partial charge on any atom is 0.136 e. The fourth-order valence-corrected chi connectivity index (χ4v) is 2.94. The lowest BCUT2D eigenvalue weighted by Crippen LogP contribution is -2.28. The fraction of sp³-hybridized carbons (Fsp3) is 0.333. The second-order valence-electron chi connectivity index (χ2n) is 5.50. The van der Waals surface area contributed by atoms with Crippen LogP contribution in [0, 0.1) is 0 Å². The van der Waals surface area contributed by atoms with Crippen LogP contribution in [-0.4, -0.2) is 18.0 Å². The van der Waals surface area contributed by atoms with Crippen LogP contribution in [0.15, 0.2) is 48.5 Å². The summed E-state index contributed by atoms with van der Waals surface area (Å²) in [7, 11) is 0. The first-order chi connectivity index (χ1) is 10.3. The van der Waals surface area contributed by atoms with E-state index in [1.54, 1.807) is 0 Å². The lowest BCUT2D eigenvalue weighted by molar-refractivity contribution is 0.148. The molecule has 3 rings (SSSR count). The third kappa shape index (κ3) is 3.39. The van der Waals surface area contributed by atoms with Gasteiger partial charge in [-0.25, -0.2) is 0 Å². The second-order valence-corrected chi connectivity index (χ2v) is 5.94. The van der Waals surface area contributed by atoms with Crippen molar-refractivity contribution in [1.82, 2.24) is 4.90 Å². The van der Waals surface area contributed by atoms with Crippen molar-refractivity contribution < 1.29 is 4.74 Å². The highest BCUT2D eigenvalue weighted by Crippen LogP contribution is 2.31. The van der Waals surface area contributed by atoms with E-state index in [1.165, 1.54) is 11.1 Å². The molecule has 1 aliphatic rings. The van der Waals surface area contributed by atoms with Crippen LogP contribution in [0.4, 0.5) is 0 Å². The van der Waals surface area contributed by atoms with E-state index >= 15 is 0 Å². The van der Waals surface area contributed by atoms with E-state index in [-0.39, 0.29) is 6.10 Å². The number of hydrogen-bond acceptors (Lipinski definition) is 2. The Balaban J connectivity index is 1.91. The van der Waals surface area contributed by atoms with E-state index in [4.69, 9.17) is 16.3 Å². The molecule has 1 heterocycles. The third-order valence-corrected chi connectivity index (χ3v) is 4.09. The molecule has 1 unspecified atom stereocenters. The lowest BCUT2D eigenvalue weighted by Gasteiger charge is -2.23. The summed E-state index contributed by atoms with van der Waals surface area (Å²) < 4.78 is 6.27. The van der Waals surface area contributed by atoms with Crippen molar-refractivity contribution in [1.29, 1.82) is 0 Å². The van der Waals surface area contributed by atoms with Gasteiger partial charge in [-0.1, -0.05) is 48.9 Å². The van der Waals surface area contributed by atoms with Crippen molar-refractivity contribution in [3.63, 3.8) is 0 Å². The molecule has 1 atom stereocenters. The third-order valence-electron chi connectivity index (χ3n) is 3.84. The zero-order chi connectivity index (χ0) is 14.7. The quantitative estimate of drug-likeness (QED) is 0.816. The summed E-state index contributed by atoms with van der Waals surface area (Å²) in [6.45, 7) is 5.16. The Morgan fingerprint density at radius 1 is 1.14 bits per heavy atom. The van der Waals surface area contributed by atoms with Gasteiger partial charge in [-0.15, -0.1) is 0 Å². The predicted molar refractivity (Wildman–Crippen MR) is 86.8 cm³/mol. The number of hydrogen-bond donors (Lipinski definition) is 0. The Labute approximate surface area is 131 Å². The second kappa shape index (κ2) is 6.50. The largest absolute Gasteiger partial charge is 0.484 e. The van der Waals surface area contributed by atoms with Gasteiger partial charge in [0.05, 0.1) is 0 Å². The maximum atomic E-state index is 6.27. The molecule has 2 nitrogen and oxygen atoms in total. The SMILES string of the molecule is CCCN1Cc2ccccc2OC(c2ccc(Cl)cc2)C1. The van der Waals surface area contributed by atoms with Gasteiger partial charge in [0.2, 0.25) is 0 Å². The van der Waals surface area contributed by atoms with Gasteiger partial charge in [-0.05, 0) is 36.7 Å². The van der Waals surface area contributed by atoms with Crippen LogP contribution in [0.1, 0.15) is 30.6 Å². The average molecular weight is 302 g/mol. The molecule has 0 amide bonds. The number of ether oxygens (including phenoxy) is 1. The van der Waals surface area contributed by atoms with Crippen molar-refractivity contribution in [3.8, 4) is 5.75 Å². The van der Waals surface area contributed by atoms with E-state index < -0.39 is 0 Å². The molecule has 0 spiro atoms. The van der Waals surface area contributed by atoms with Crippen LogP contribution in [0.2, 0.25) is 5.02 Å². The monoisotopic (exact) mass is 301 g/mol. The molecule has 0 aliphatic carbocycles. The topological polar surface area (TPSA) is 12.5 Å². The Bertz CT molecular complexity index is 596. The molecule has 0 saturated carbocycles. The maximum absolute atomic E-state index is 6.27. The van der Waals surface area contributed by atoms with E-state index in [0.29, 0.717) is 0 Å². The van der Waals surface area contributed by atoms with Crippen LogP contribution in [0.5, 0.6) is 5.75 Å². The molecule has 2 aromatic carbocycles. The fourth-order valence-electron chi connectivity index (χ4n) is 2.82. The van der Waals surface area contributed by atoms with Crippen molar-refractivity contribution >= 4 is 11.6 Å². The number of halogens is 1. The van der Waals surface area contributed by atoms with Crippen molar-refractivity contribution in [2.24, 2.45) is 0 Å². The molecule has 0 N–H and O–H groups in total. The zero-order valence-electron chi connectivity index (χ0n) is 12.3. The normalized spacial score (nSPS) is 18.7. The van der Waals surface area contributed by atoms with E-state index in [2.05, 4.69) is 42.2 Å². The molecular weight excluding hydrogens is 282 g/mol. The van der Waals surface area contributed by atoms with Gasteiger partial charge in [0, 0.05) is 23.7 Å².